The van der Waals surface area contributed by atoms with E-state index in [0.717, 1.165) is 29.7 Å². The van der Waals surface area contributed by atoms with Crippen LogP contribution in [0.25, 0.3) is 11.0 Å². The number of nitrogens with zero attached hydrogens (tertiary/aromatic N) is 3. The third-order valence-electron chi connectivity index (χ3n) is 5.22. The molecule has 2 aromatic heterocycles. The lowest BCUT2D eigenvalue weighted by Gasteiger charge is -2.08. The van der Waals surface area contributed by atoms with Crippen LogP contribution in [0.1, 0.15) is 58.3 Å². The molecule has 0 radical (unpaired) electrons. The largest absolute Gasteiger partial charge is 1.00 e. The summed E-state index contributed by atoms with van der Waals surface area (Å²) in [6.45, 7) is 4.38. The highest BCUT2D eigenvalue weighted by Gasteiger charge is 2.05. The first-order valence-corrected chi connectivity index (χ1v) is 11.1. The first-order chi connectivity index (χ1) is 14.4. The smallest absolute Gasteiger partial charge is 0.252 e. The van der Waals surface area contributed by atoms with Crippen LogP contribution in [-0.4, -0.2) is 16.2 Å². The van der Waals surface area contributed by atoms with Gasteiger partial charge in [0.1, 0.15) is 5.69 Å². The van der Waals surface area contributed by atoms with Crippen molar-refractivity contribution in [1.82, 2.24) is 9.55 Å². The molecule has 30 heavy (non-hydrogen) atoms. The Morgan fingerprint density at radius 2 is 1.73 bits per heavy atom. The van der Waals surface area contributed by atoms with E-state index in [1.165, 1.54) is 44.9 Å². The zero-order valence-electron chi connectivity index (χ0n) is 18.1. The number of fused-ring (bicyclic) bond motifs is 1. The minimum Gasteiger partial charge on any atom is -1.00 e. The molecule has 1 aromatic carbocycles. The second-order valence-corrected chi connectivity index (χ2v) is 7.66. The molecule has 6 heteroatoms. The first-order valence-electron chi connectivity index (χ1n) is 11.1. The van der Waals surface area contributed by atoms with Crippen LogP contribution in [0.3, 0.4) is 0 Å². The van der Waals surface area contributed by atoms with Gasteiger partial charge in [-0.1, -0.05) is 64.0 Å². The summed E-state index contributed by atoms with van der Waals surface area (Å²) in [7, 11) is 0. The van der Waals surface area contributed by atoms with Crippen molar-refractivity contribution in [3.8, 4) is 0 Å². The summed E-state index contributed by atoms with van der Waals surface area (Å²) in [6.07, 6.45) is 16.6. The van der Waals surface area contributed by atoms with Gasteiger partial charge in [0.25, 0.3) is 6.73 Å². The molecular formula is C24H35ClN4O. The lowest BCUT2D eigenvalue weighted by molar-refractivity contribution is -0.732. The van der Waals surface area contributed by atoms with Gasteiger partial charge in [-0.25, -0.2) is 4.98 Å². The van der Waals surface area contributed by atoms with E-state index < -0.39 is 0 Å². The summed E-state index contributed by atoms with van der Waals surface area (Å²) in [5, 5.41) is 3.47. The molecular weight excluding hydrogens is 396 g/mol. The molecule has 0 aliphatic heterocycles. The number of rotatable bonds is 14. The fourth-order valence-electron chi connectivity index (χ4n) is 3.53. The summed E-state index contributed by atoms with van der Waals surface area (Å²) in [6, 6.07) is 12.3. The summed E-state index contributed by atoms with van der Waals surface area (Å²) in [5.74, 6) is 0. The monoisotopic (exact) mass is 430 g/mol. The van der Waals surface area contributed by atoms with Gasteiger partial charge in [0.05, 0.1) is 30.6 Å². The number of nitrogens with one attached hydrogen (secondary N) is 1. The second kappa shape index (κ2) is 14.0. The maximum atomic E-state index is 5.85. The summed E-state index contributed by atoms with van der Waals surface area (Å²) >= 11 is 0. The Morgan fingerprint density at radius 3 is 2.57 bits per heavy atom. The molecule has 3 aromatic rings. The molecule has 0 fully saturated rings. The highest BCUT2D eigenvalue weighted by Crippen LogP contribution is 2.12. The molecule has 0 spiro atoms. The lowest BCUT2D eigenvalue weighted by atomic mass is 10.1. The molecule has 0 saturated heterocycles. The molecule has 0 bridgehead atoms. The standard InChI is InChI=1S/C24H35N4O.ClH/c1-2-3-4-5-6-7-8-11-17-29-21-27-16-12-13-22(18-27)25-19-28-20-26-23-14-9-10-15-24(23)28;/h9-10,12-16,18,20,25H,2-8,11,17,19,21H2,1H3;1H/q+1;/p-1. The number of unbranched alkanes of at least 4 members (excludes halogenated alkanes) is 7. The van der Waals surface area contributed by atoms with E-state index in [-0.39, 0.29) is 12.4 Å². The van der Waals surface area contributed by atoms with Crippen molar-refractivity contribution in [3.63, 3.8) is 0 Å². The van der Waals surface area contributed by atoms with E-state index in [0.29, 0.717) is 13.4 Å². The molecule has 3 rings (SSSR count). The third-order valence-corrected chi connectivity index (χ3v) is 5.22. The number of pyridine rings is 1. The molecule has 0 aliphatic rings. The van der Waals surface area contributed by atoms with Crippen molar-refractivity contribution in [1.29, 1.82) is 0 Å². The normalized spacial score (nSPS) is 10.8. The number of aromatic nitrogens is 3. The lowest BCUT2D eigenvalue weighted by Crippen LogP contribution is -3.00. The van der Waals surface area contributed by atoms with Crippen LogP contribution < -0.4 is 22.3 Å². The number of hydrogen-bond donors (Lipinski definition) is 1. The molecule has 0 amide bonds. The van der Waals surface area contributed by atoms with Crippen LogP contribution >= 0.6 is 0 Å². The van der Waals surface area contributed by atoms with E-state index in [2.05, 4.69) is 44.7 Å². The molecule has 2 heterocycles. The van der Waals surface area contributed by atoms with Crippen molar-refractivity contribution in [2.75, 3.05) is 11.9 Å². The van der Waals surface area contributed by atoms with E-state index in [4.69, 9.17) is 4.74 Å². The molecule has 1 N–H and O–H groups in total. The van der Waals surface area contributed by atoms with Crippen LogP contribution in [0.15, 0.2) is 55.1 Å². The van der Waals surface area contributed by atoms with E-state index in [1.807, 2.05) is 36.8 Å². The topological polar surface area (TPSA) is 43.0 Å². The first kappa shape index (κ1) is 24.2. The number of anilines is 1. The average molecular weight is 431 g/mol. The van der Waals surface area contributed by atoms with E-state index in [9.17, 15) is 0 Å². The summed E-state index contributed by atoms with van der Waals surface area (Å²) in [4.78, 5) is 4.44. The van der Waals surface area contributed by atoms with Gasteiger partial charge in [-0.2, -0.15) is 4.57 Å². The van der Waals surface area contributed by atoms with Gasteiger partial charge in [-0.3, -0.25) is 0 Å². The maximum absolute atomic E-state index is 5.85. The van der Waals surface area contributed by atoms with Crippen LogP contribution in [0.4, 0.5) is 5.69 Å². The maximum Gasteiger partial charge on any atom is 0.252 e. The van der Waals surface area contributed by atoms with Crippen LogP contribution in [0.5, 0.6) is 0 Å². The van der Waals surface area contributed by atoms with Gasteiger partial charge in [-0.15, -0.1) is 0 Å². The summed E-state index contributed by atoms with van der Waals surface area (Å²) < 4.78 is 10.0. The number of benzene rings is 1. The van der Waals surface area contributed by atoms with Crippen molar-refractivity contribution in [3.05, 3.63) is 55.1 Å². The van der Waals surface area contributed by atoms with Gasteiger partial charge < -0.3 is 27.0 Å². The number of imidazole rings is 1. The zero-order valence-corrected chi connectivity index (χ0v) is 18.9. The van der Waals surface area contributed by atoms with Gasteiger partial charge in [0.15, 0.2) is 12.4 Å². The number of halogens is 1. The minimum atomic E-state index is 0. The Balaban J connectivity index is 0.00000320. The van der Waals surface area contributed by atoms with Crippen molar-refractivity contribution in [2.45, 2.75) is 71.7 Å². The quantitative estimate of drug-likeness (QED) is 0.315. The average Bonchev–Trinajstić information content (AvgIpc) is 3.17. The van der Waals surface area contributed by atoms with Crippen LogP contribution in [0, 0.1) is 0 Å². The molecule has 0 atom stereocenters. The highest BCUT2D eigenvalue weighted by atomic mass is 35.5. The predicted octanol–water partition coefficient (Wildman–Crippen LogP) is 2.51. The Labute approximate surface area is 186 Å². The number of hydrogen-bond acceptors (Lipinski definition) is 3. The fraction of sp³-hybridized carbons (Fsp3) is 0.500. The Kier molecular flexibility index (Phi) is 11.3. The summed E-state index contributed by atoms with van der Waals surface area (Å²) in [5.41, 5.74) is 3.23. The minimum absolute atomic E-state index is 0. The molecule has 0 saturated carbocycles. The van der Waals surface area contributed by atoms with Crippen molar-refractivity contribution >= 4 is 16.7 Å². The van der Waals surface area contributed by atoms with Gasteiger partial charge in [-0.05, 0) is 24.6 Å². The number of ether oxygens (including phenoxy) is 1. The van der Waals surface area contributed by atoms with Crippen LogP contribution in [0.2, 0.25) is 0 Å². The zero-order chi connectivity index (χ0) is 20.2. The second-order valence-electron chi connectivity index (χ2n) is 7.66. The van der Waals surface area contributed by atoms with Gasteiger partial charge >= 0.3 is 0 Å². The van der Waals surface area contributed by atoms with Crippen LogP contribution in [-0.2, 0) is 18.1 Å². The molecule has 164 valence electrons. The Bertz CT molecular complexity index is 852. The molecule has 5 nitrogen and oxygen atoms in total. The van der Waals surface area contributed by atoms with Crippen molar-refractivity contribution in [2.24, 2.45) is 0 Å². The molecule has 0 unspecified atom stereocenters. The van der Waals surface area contributed by atoms with Gasteiger partial charge in [0, 0.05) is 6.07 Å². The molecule has 0 aliphatic carbocycles. The van der Waals surface area contributed by atoms with Gasteiger partial charge in [0.2, 0.25) is 0 Å². The van der Waals surface area contributed by atoms with E-state index in [1.54, 1.807) is 0 Å². The van der Waals surface area contributed by atoms with Crippen molar-refractivity contribution < 1.29 is 21.7 Å². The SMILES string of the molecule is CCCCCCCCCCOC[n+]1cccc(NCn2cnc3ccccc32)c1.[Cl-]. The predicted molar refractivity (Wildman–Crippen MR) is 119 cm³/mol. The Hall–Kier alpha value is -2.11. The van der Waals surface area contributed by atoms with E-state index >= 15 is 0 Å². The third kappa shape index (κ3) is 7.96. The fourth-order valence-corrected chi connectivity index (χ4v) is 3.53. The highest BCUT2D eigenvalue weighted by molar-refractivity contribution is 5.74. The Morgan fingerprint density at radius 1 is 0.967 bits per heavy atom. The number of para-hydroxylation sites is 2.